The van der Waals surface area contributed by atoms with Gasteiger partial charge in [0.2, 0.25) is 0 Å². The quantitative estimate of drug-likeness (QED) is 0.593. The van der Waals surface area contributed by atoms with Crippen molar-refractivity contribution in [2.24, 2.45) is 22.7 Å². The second-order valence-electron chi connectivity index (χ2n) is 6.44. The molecule has 0 radical (unpaired) electrons. The van der Waals surface area contributed by atoms with E-state index in [-0.39, 0.29) is 0 Å². The van der Waals surface area contributed by atoms with Crippen LogP contribution in [0.3, 0.4) is 0 Å². The first-order chi connectivity index (χ1) is 8.86. The van der Waals surface area contributed by atoms with Gasteiger partial charge in [0.25, 0.3) is 0 Å². The van der Waals surface area contributed by atoms with E-state index in [0.29, 0.717) is 6.04 Å². The molecule has 2 unspecified atom stereocenters. The fourth-order valence-corrected chi connectivity index (χ4v) is 3.40. The van der Waals surface area contributed by atoms with Gasteiger partial charge in [0.05, 0.1) is 0 Å². The Labute approximate surface area is 111 Å². The highest BCUT2D eigenvalue weighted by atomic mass is 15.2. The first-order valence-corrected chi connectivity index (χ1v) is 7.84. The first kappa shape index (κ1) is 12.3. The normalized spacial score (nSPS) is 33.3. The molecule has 0 bridgehead atoms. The Bertz CT molecular complexity index is 303. The number of hydrogen-bond acceptors (Lipinski definition) is 1. The molecule has 2 atom stereocenters. The lowest BCUT2D eigenvalue weighted by Crippen LogP contribution is -2.40. The molecule has 0 aromatic rings. The molecule has 3 saturated carbocycles. The summed E-state index contributed by atoms with van der Waals surface area (Å²) in [6, 6.07) is 0.707. The highest BCUT2D eigenvalue weighted by Crippen LogP contribution is 2.44. The van der Waals surface area contributed by atoms with Crippen LogP contribution in [0.15, 0.2) is 4.99 Å². The number of nitrogens with zero attached hydrogens (tertiary/aromatic N) is 1. The van der Waals surface area contributed by atoms with Crippen LogP contribution in [0.25, 0.3) is 0 Å². The largest absolute Gasteiger partial charge is 0.356 e. The van der Waals surface area contributed by atoms with Crippen LogP contribution in [-0.4, -0.2) is 25.6 Å². The minimum absolute atomic E-state index is 0.707. The van der Waals surface area contributed by atoms with Gasteiger partial charge in [-0.25, -0.2) is 0 Å². The predicted octanol–water partition coefficient (Wildman–Crippen LogP) is 2.53. The molecule has 3 fully saturated rings. The smallest absolute Gasteiger partial charge is 0.191 e. The zero-order chi connectivity index (χ0) is 12.4. The highest BCUT2D eigenvalue weighted by Gasteiger charge is 2.43. The summed E-state index contributed by atoms with van der Waals surface area (Å²) in [6.07, 6.45) is 11.5. The molecule has 3 rings (SSSR count). The summed E-state index contributed by atoms with van der Waals surface area (Å²) in [7, 11) is 1.89. The van der Waals surface area contributed by atoms with Crippen LogP contribution in [0.4, 0.5) is 0 Å². The summed E-state index contributed by atoms with van der Waals surface area (Å²) >= 11 is 0. The molecule has 3 aliphatic rings. The predicted molar refractivity (Wildman–Crippen MR) is 75.7 cm³/mol. The molecule has 0 saturated heterocycles. The molecule has 2 N–H and O–H groups in total. The van der Waals surface area contributed by atoms with Crippen molar-refractivity contribution in [2.75, 3.05) is 13.6 Å². The second-order valence-corrected chi connectivity index (χ2v) is 6.44. The third kappa shape index (κ3) is 3.18. The minimum Gasteiger partial charge on any atom is -0.356 e. The van der Waals surface area contributed by atoms with E-state index in [1.165, 1.54) is 51.4 Å². The van der Waals surface area contributed by atoms with E-state index in [4.69, 9.17) is 0 Å². The number of rotatable bonds is 4. The van der Waals surface area contributed by atoms with Gasteiger partial charge in [0, 0.05) is 19.6 Å². The SMILES string of the molecule is CN=C(NCC1CC1)NC1CC1C1CCCCC1. The molecular weight excluding hydrogens is 222 g/mol. The van der Waals surface area contributed by atoms with E-state index in [1.54, 1.807) is 0 Å². The van der Waals surface area contributed by atoms with Crippen molar-refractivity contribution < 1.29 is 0 Å². The van der Waals surface area contributed by atoms with Gasteiger partial charge in [0.15, 0.2) is 5.96 Å². The third-order valence-electron chi connectivity index (χ3n) is 4.90. The lowest BCUT2D eigenvalue weighted by Gasteiger charge is -2.22. The fraction of sp³-hybridized carbons (Fsp3) is 0.933. The van der Waals surface area contributed by atoms with Gasteiger partial charge in [-0.15, -0.1) is 0 Å². The summed E-state index contributed by atoms with van der Waals surface area (Å²) in [5.41, 5.74) is 0. The highest BCUT2D eigenvalue weighted by molar-refractivity contribution is 5.80. The third-order valence-corrected chi connectivity index (χ3v) is 4.90. The molecule has 3 nitrogen and oxygen atoms in total. The van der Waals surface area contributed by atoms with Gasteiger partial charge in [0.1, 0.15) is 0 Å². The van der Waals surface area contributed by atoms with Crippen molar-refractivity contribution in [3.63, 3.8) is 0 Å². The zero-order valence-electron chi connectivity index (χ0n) is 11.6. The molecule has 3 heteroatoms. The van der Waals surface area contributed by atoms with Crippen LogP contribution in [-0.2, 0) is 0 Å². The Morgan fingerprint density at radius 3 is 2.56 bits per heavy atom. The summed E-state index contributed by atoms with van der Waals surface area (Å²) in [6.45, 7) is 1.11. The van der Waals surface area contributed by atoms with Crippen LogP contribution in [0, 0.1) is 17.8 Å². The van der Waals surface area contributed by atoms with E-state index in [9.17, 15) is 0 Å². The standard InChI is InChI=1S/C15H27N3/c1-16-15(17-10-11-7-8-11)18-14-9-13(14)12-5-3-2-4-6-12/h11-14H,2-10H2,1H3,(H2,16,17,18). The van der Waals surface area contributed by atoms with Gasteiger partial charge in [-0.05, 0) is 37.0 Å². The van der Waals surface area contributed by atoms with Gasteiger partial charge in [-0.3, -0.25) is 4.99 Å². The Kier molecular flexibility index (Phi) is 3.76. The zero-order valence-corrected chi connectivity index (χ0v) is 11.6. The second kappa shape index (κ2) is 5.50. The van der Waals surface area contributed by atoms with Gasteiger partial charge in [-0.1, -0.05) is 32.1 Å². The maximum absolute atomic E-state index is 4.34. The molecule has 102 valence electrons. The summed E-state index contributed by atoms with van der Waals surface area (Å²) in [4.78, 5) is 4.34. The molecule has 0 aromatic heterocycles. The van der Waals surface area contributed by atoms with E-state index in [2.05, 4.69) is 15.6 Å². The van der Waals surface area contributed by atoms with Crippen LogP contribution in [0.2, 0.25) is 0 Å². The lowest BCUT2D eigenvalue weighted by atomic mass is 9.85. The Hall–Kier alpha value is -0.730. The number of hydrogen-bond donors (Lipinski definition) is 2. The molecule has 3 aliphatic carbocycles. The fourth-order valence-electron chi connectivity index (χ4n) is 3.40. The van der Waals surface area contributed by atoms with Gasteiger partial charge in [-0.2, -0.15) is 0 Å². The molecule has 0 spiro atoms. The molecular formula is C15H27N3. The summed E-state index contributed by atoms with van der Waals surface area (Å²) in [5.74, 6) is 3.88. The molecule has 0 aliphatic heterocycles. The Morgan fingerprint density at radius 1 is 1.11 bits per heavy atom. The Balaban J connectivity index is 1.39. The average molecular weight is 249 g/mol. The molecule has 0 heterocycles. The molecule has 18 heavy (non-hydrogen) atoms. The monoisotopic (exact) mass is 249 g/mol. The van der Waals surface area contributed by atoms with Crippen molar-refractivity contribution in [3.8, 4) is 0 Å². The van der Waals surface area contributed by atoms with Gasteiger partial charge < -0.3 is 10.6 Å². The number of aliphatic imine (C=N–C) groups is 1. The summed E-state index contributed by atoms with van der Waals surface area (Å²) in [5, 5.41) is 7.08. The van der Waals surface area contributed by atoms with Crippen LogP contribution in [0.5, 0.6) is 0 Å². The molecule has 0 aromatic carbocycles. The van der Waals surface area contributed by atoms with Crippen molar-refractivity contribution in [2.45, 2.75) is 57.4 Å². The van der Waals surface area contributed by atoms with Crippen molar-refractivity contribution in [3.05, 3.63) is 0 Å². The van der Waals surface area contributed by atoms with Crippen LogP contribution < -0.4 is 10.6 Å². The maximum atomic E-state index is 4.34. The minimum atomic E-state index is 0.707. The maximum Gasteiger partial charge on any atom is 0.191 e. The van der Waals surface area contributed by atoms with Crippen LogP contribution >= 0.6 is 0 Å². The van der Waals surface area contributed by atoms with Gasteiger partial charge >= 0.3 is 0 Å². The lowest BCUT2D eigenvalue weighted by molar-refractivity contribution is 0.315. The van der Waals surface area contributed by atoms with E-state index < -0.39 is 0 Å². The van der Waals surface area contributed by atoms with Crippen molar-refractivity contribution >= 4 is 5.96 Å². The number of guanidine groups is 1. The molecule has 0 amide bonds. The first-order valence-electron chi connectivity index (χ1n) is 7.84. The van der Waals surface area contributed by atoms with E-state index >= 15 is 0 Å². The van der Waals surface area contributed by atoms with E-state index in [0.717, 1.165) is 30.3 Å². The average Bonchev–Trinajstić information content (AvgIpc) is 3.30. The summed E-state index contributed by atoms with van der Waals surface area (Å²) < 4.78 is 0. The van der Waals surface area contributed by atoms with E-state index in [1.807, 2.05) is 7.05 Å². The van der Waals surface area contributed by atoms with Crippen molar-refractivity contribution in [1.82, 2.24) is 10.6 Å². The number of nitrogens with one attached hydrogen (secondary N) is 2. The van der Waals surface area contributed by atoms with Crippen molar-refractivity contribution in [1.29, 1.82) is 0 Å². The van der Waals surface area contributed by atoms with Crippen LogP contribution in [0.1, 0.15) is 51.4 Å². The Morgan fingerprint density at radius 2 is 1.89 bits per heavy atom. The topological polar surface area (TPSA) is 36.4 Å².